The minimum atomic E-state index is -0.104. The Hall–Kier alpha value is -1.42. The Labute approximate surface area is 102 Å². The van der Waals surface area contributed by atoms with Crippen LogP contribution in [0, 0.1) is 0 Å². The normalized spacial score (nSPS) is 10.5. The summed E-state index contributed by atoms with van der Waals surface area (Å²) >= 11 is 0. The lowest BCUT2D eigenvalue weighted by Gasteiger charge is -2.15. The van der Waals surface area contributed by atoms with E-state index in [0.717, 1.165) is 24.2 Å². The number of rotatable bonds is 6. The van der Waals surface area contributed by atoms with E-state index in [-0.39, 0.29) is 12.2 Å². The van der Waals surface area contributed by atoms with E-state index in [4.69, 9.17) is 5.11 Å². The van der Waals surface area contributed by atoms with E-state index < -0.39 is 0 Å². The maximum Gasteiger partial charge on any atom is 0.272 e. The quantitative estimate of drug-likeness (QED) is 0.752. The first kappa shape index (κ1) is 13.6. The number of aromatic nitrogens is 2. The first-order valence-corrected chi connectivity index (χ1v) is 6.02. The molecule has 0 aliphatic rings. The largest absolute Gasteiger partial charge is 0.395 e. The molecule has 0 amide bonds. The van der Waals surface area contributed by atoms with Gasteiger partial charge in [-0.05, 0) is 12.8 Å². The van der Waals surface area contributed by atoms with Crippen molar-refractivity contribution in [2.24, 2.45) is 0 Å². The Balaban J connectivity index is 3.44. The summed E-state index contributed by atoms with van der Waals surface area (Å²) in [5.74, 6) is 0. The molecule has 1 aromatic rings. The molecule has 0 unspecified atom stereocenters. The number of aliphatic hydroxyl groups is 1. The Bertz CT molecular complexity index is 449. The van der Waals surface area contributed by atoms with Crippen LogP contribution in [0.3, 0.4) is 0 Å². The first-order chi connectivity index (χ1) is 8.19. The van der Waals surface area contributed by atoms with E-state index >= 15 is 0 Å². The van der Waals surface area contributed by atoms with Crippen LogP contribution in [0.2, 0.25) is 0 Å². The summed E-state index contributed by atoms with van der Waals surface area (Å²) in [4.78, 5) is 16.5. The molecule has 0 spiro atoms. The highest BCUT2D eigenvalue weighted by atomic mass is 16.3. The van der Waals surface area contributed by atoms with E-state index in [1.165, 1.54) is 0 Å². The molecule has 1 rings (SSSR count). The van der Waals surface area contributed by atoms with Crippen molar-refractivity contribution >= 4 is 0 Å². The number of hydrogen-bond donors (Lipinski definition) is 1. The number of nitrogens with zero attached hydrogens (tertiary/aromatic N) is 2. The Morgan fingerprint density at radius 2 is 2.06 bits per heavy atom. The SMILES string of the molecule is C=CCc1nc(CC)c(CC)n(CCO)c1=O. The molecule has 1 aromatic heterocycles. The molecule has 0 aliphatic heterocycles. The van der Waals surface area contributed by atoms with E-state index in [1.54, 1.807) is 10.6 Å². The molecule has 0 bridgehead atoms. The summed E-state index contributed by atoms with van der Waals surface area (Å²) in [7, 11) is 0. The smallest absolute Gasteiger partial charge is 0.272 e. The molecule has 0 saturated heterocycles. The zero-order chi connectivity index (χ0) is 12.8. The lowest BCUT2D eigenvalue weighted by Crippen LogP contribution is -2.31. The van der Waals surface area contributed by atoms with Gasteiger partial charge >= 0.3 is 0 Å². The Morgan fingerprint density at radius 3 is 2.53 bits per heavy atom. The zero-order valence-corrected chi connectivity index (χ0v) is 10.6. The van der Waals surface area contributed by atoms with Gasteiger partial charge in [-0.1, -0.05) is 19.9 Å². The molecule has 0 saturated carbocycles. The van der Waals surface area contributed by atoms with Crippen LogP contribution >= 0.6 is 0 Å². The lowest BCUT2D eigenvalue weighted by atomic mass is 10.1. The predicted molar refractivity (Wildman–Crippen MR) is 68.2 cm³/mol. The van der Waals surface area contributed by atoms with Gasteiger partial charge in [0, 0.05) is 18.7 Å². The van der Waals surface area contributed by atoms with Gasteiger partial charge in [0.1, 0.15) is 5.69 Å². The molecule has 0 fully saturated rings. The highest BCUT2D eigenvalue weighted by Crippen LogP contribution is 2.08. The van der Waals surface area contributed by atoms with Crippen molar-refractivity contribution in [3.05, 3.63) is 40.1 Å². The topological polar surface area (TPSA) is 55.1 Å². The predicted octanol–water partition coefficient (Wildman–Crippen LogP) is 1.09. The number of allylic oxidation sites excluding steroid dienone is 1. The highest BCUT2D eigenvalue weighted by molar-refractivity contribution is 5.18. The summed E-state index contributed by atoms with van der Waals surface area (Å²) in [5, 5.41) is 9.05. The number of aliphatic hydroxyl groups excluding tert-OH is 1. The summed E-state index contributed by atoms with van der Waals surface area (Å²) in [6.07, 6.45) is 3.69. The molecule has 1 heterocycles. The van der Waals surface area contributed by atoms with Crippen LogP contribution in [0.5, 0.6) is 0 Å². The van der Waals surface area contributed by atoms with Crippen LogP contribution in [0.1, 0.15) is 30.9 Å². The van der Waals surface area contributed by atoms with Gasteiger partial charge in [-0.3, -0.25) is 4.79 Å². The molecule has 0 aromatic carbocycles. The molecule has 17 heavy (non-hydrogen) atoms. The van der Waals surface area contributed by atoms with Gasteiger partial charge in [-0.2, -0.15) is 0 Å². The van der Waals surface area contributed by atoms with Gasteiger partial charge in [0.05, 0.1) is 12.3 Å². The Kier molecular flexibility index (Phi) is 5.10. The van der Waals surface area contributed by atoms with Gasteiger partial charge in [0.25, 0.3) is 5.56 Å². The van der Waals surface area contributed by atoms with E-state index in [0.29, 0.717) is 18.7 Å². The van der Waals surface area contributed by atoms with Crippen LogP contribution in [0.15, 0.2) is 17.4 Å². The molecule has 0 atom stereocenters. The summed E-state index contributed by atoms with van der Waals surface area (Å²) in [5.41, 5.74) is 2.28. The second kappa shape index (κ2) is 6.35. The zero-order valence-electron chi connectivity index (χ0n) is 10.6. The minimum absolute atomic E-state index is 0.0341. The fourth-order valence-electron chi connectivity index (χ4n) is 1.99. The van der Waals surface area contributed by atoms with Crippen LogP contribution in [-0.2, 0) is 25.8 Å². The van der Waals surface area contributed by atoms with Crippen LogP contribution < -0.4 is 5.56 Å². The molecular formula is C13H20N2O2. The highest BCUT2D eigenvalue weighted by Gasteiger charge is 2.12. The fourth-order valence-corrected chi connectivity index (χ4v) is 1.99. The maximum absolute atomic E-state index is 12.1. The average molecular weight is 236 g/mol. The summed E-state index contributed by atoms with van der Waals surface area (Å²) < 4.78 is 1.64. The third kappa shape index (κ3) is 2.82. The van der Waals surface area contributed by atoms with Crippen molar-refractivity contribution in [3.63, 3.8) is 0 Å². The number of aryl methyl sites for hydroxylation is 1. The van der Waals surface area contributed by atoms with Crippen molar-refractivity contribution in [2.45, 2.75) is 39.7 Å². The molecular weight excluding hydrogens is 216 g/mol. The minimum Gasteiger partial charge on any atom is -0.395 e. The first-order valence-electron chi connectivity index (χ1n) is 6.02. The maximum atomic E-state index is 12.1. The third-order valence-electron chi connectivity index (χ3n) is 2.75. The van der Waals surface area contributed by atoms with Crippen molar-refractivity contribution in [1.82, 2.24) is 9.55 Å². The summed E-state index contributed by atoms with van der Waals surface area (Å²) in [6.45, 7) is 7.95. The molecule has 1 N–H and O–H groups in total. The van der Waals surface area contributed by atoms with Crippen LogP contribution in [-0.4, -0.2) is 21.3 Å². The molecule has 94 valence electrons. The second-order valence-corrected chi connectivity index (χ2v) is 3.83. The van der Waals surface area contributed by atoms with Gasteiger partial charge in [-0.25, -0.2) is 4.98 Å². The van der Waals surface area contributed by atoms with Crippen molar-refractivity contribution in [2.75, 3.05) is 6.61 Å². The molecule has 4 nitrogen and oxygen atoms in total. The third-order valence-corrected chi connectivity index (χ3v) is 2.75. The van der Waals surface area contributed by atoms with E-state index in [2.05, 4.69) is 11.6 Å². The van der Waals surface area contributed by atoms with Gasteiger partial charge < -0.3 is 9.67 Å². The van der Waals surface area contributed by atoms with E-state index in [9.17, 15) is 4.79 Å². The summed E-state index contributed by atoms with van der Waals surface area (Å²) in [6, 6.07) is 0. The Morgan fingerprint density at radius 1 is 1.35 bits per heavy atom. The average Bonchev–Trinajstić information content (AvgIpc) is 2.34. The van der Waals surface area contributed by atoms with E-state index in [1.807, 2.05) is 13.8 Å². The van der Waals surface area contributed by atoms with Crippen molar-refractivity contribution in [1.29, 1.82) is 0 Å². The molecule has 0 aliphatic carbocycles. The van der Waals surface area contributed by atoms with Crippen LogP contribution in [0.4, 0.5) is 0 Å². The van der Waals surface area contributed by atoms with Crippen LogP contribution in [0.25, 0.3) is 0 Å². The number of hydrogen-bond acceptors (Lipinski definition) is 3. The fraction of sp³-hybridized carbons (Fsp3) is 0.538. The lowest BCUT2D eigenvalue weighted by molar-refractivity contribution is 0.271. The molecule has 4 heteroatoms. The van der Waals surface area contributed by atoms with Crippen molar-refractivity contribution < 1.29 is 5.11 Å². The van der Waals surface area contributed by atoms with Gasteiger partial charge in [0.15, 0.2) is 0 Å². The second-order valence-electron chi connectivity index (χ2n) is 3.83. The standard InChI is InChI=1S/C13H20N2O2/c1-4-7-11-13(17)15(8-9-16)12(6-3)10(5-2)14-11/h4,16H,1,5-9H2,2-3H3. The van der Waals surface area contributed by atoms with Gasteiger partial charge in [0.2, 0.25) is 0 Å². The molecule has 0 radical (unpaired) electrons. The monoisotopic (exact) mass is 236 g/mol. The van der Waals surface area contributed by atoms with Crippen molar-refractivity contribution in [3.8, 4) is 0 Å². The van der Waals surface area contributed by atoms with Gasteiger partial charge in [-0.15, -0.1) is 6.58 Å².